The molecule has 0 heterocycles. The van der Waals surface area contributed by atoms with E-state index in [-0.39, 0.29) is 12.0 Å². The van der Waals surface area contributed by atoms with E-state index >= 15 is 0 Å². The average molecular weight is 272 g/mol. The second-order valence-corrected chi connectivity index (χ2v) is 4.09. The maximum Gasteiger partial charge on any atom is 0.252 e. The number of ether oxygens (including phenoxy) is 1. The van der Waals surface area contributed by atoms with Crippen molar-refractivity contribution in [3.8, 4) is 0 Å². The highest BCUT2D eigenvalue weighted by Gasteiger charge is 2.09. The fraction of sp³-hybridized carbons (Fsp3) is 0.364. The van der Waals surface area contributed by atoms with Crippen molar-refractivity contribution in [2.45, 2.75) is 13.0 Å². The molecule has 82 valence electrons. The molecule has 0 bridgehead atoms. The van der Waals surface area contributed by atoms with Crippen LogP contribution in [0.15, 0.2) is 28.7 Å². The number of carbonyl (C=O) groups is 1. The van der Waals surface area contributed by atoms with Crippen LogP contribution in [0.1, 0.15) is 17.3 Å². The van der Waals surface area contributed by atoms with Gasteiger partial charge in [0.05, 0.1) is 11.7 Å². The first-order valence-corrected chi connectivity index (χ1v) is 5.50. The normalized spacial score (nSPS) is 12.2. The minimum absolute atomic E-state index is 0.0245. The number of hydrogen-bond donors (Lipinski definition) is 1. The summed E-state index contributed by atoms with van der Waals surface area (Å²) >= 11 is 3.33. The molecule has 0 aromatic heterocycles. The summed E-state index contributed by atoms with van der Waals surface area (Å²) in [6, 6.07) is 7.32. The average Bonchev–Trinajstić information content (AvgIpc) is 2.26. The third-order valence-electron chi connectivity index (χ3n) is 2.07. The summed E-state index contributed by atoms with van der Waals surface area (Å²) in [7, 11) is 1.62. The molecule has 3 nitrogen and oxygen atoms in total. The Hall–Kier alpha value is -0.870. The van der Waals surface area contributed by atoms with Gasteiger partial charge in [0.1, 0.15) is 0 Å². The van der Waals surface area contributed by atoms with Gasteiger partial charge in [-0.1, -0.05) is 12.1 Å². The highest BCUT2D eigenvalue weighted by molar-refractivity contribution is 9.10. The lowest BCUT2D eigenvalue weighted by atomic mass is 10.2. The van der Waals surface area contributed by atoms with E-state index < -0.39 is 0 Å². The van der Waals surface area contributed by atoms with E-state index in [0.29, 0.717) is 12.1 Å². The fourth-order valence-corrected chi connectivity index (χ4v) is 1.53. The number of hydrogen-bond acceptors (Lipinski definition) is 2. The standard InChI is InChI=1S/C11H14BrNO2/c1-8(15-2)7-13-11(14)9-5-3-4-6-10(9)12/h3-6,8H,7H2,1-2H3,(H,13,14). The number of methoxy groups -OCH3 is 1. The molecular formula is C11H14BrNO2. The third kappa shape index (κ3) is 3.64. The second-order valence-electron chi connectivity index (χ2n) is 3.24. The van der Waals surface area contributed by atoms with Crippen molar-refractivity contribution in [2.24, 2.45) is 0 Å². The molecule has 0 saturated heterocycles. The van der Waals surface area contributed by atoms with Gasteiger partial charge in [-0.3, -0.25) is 4.79 Å². The van der Waals surface area contributed by atoms with Crippen LogP contribution in [0.2, 0.25) is 0 Å². The quantitative estimate of drug-likeness (QED) is 0.912. The summed E-state index contributed by atoms with van der Waals surface area (Å²) in [5.74, 6) is -0.0913. The van der Waals surface area contributed by atoms with Gasteiger partial charge in [-0.05, 0) is 35.0 Å². The Morgan fingerprint density at radius 2 is 2.20 bits per heavy atom. The van der Waals surface area contributed by atoms with E-state index in [1.54, 1.807) is 13.2 Å². The highest BCUT2D eigenvalue weighted by Crippen LogP contribution is 2.15. The molecule has 1 aromatic rings. The van der Waals surface area contributed by atoms with Gasteiger partial charge in [0.2, 0.25) is 0 Å². The van der Waals surface area contributed by atoms with Crippen LogP contribution >= 0.6 is 15.9 Å². The Morgan fingerprint density at radius 3 is 2.80 bits per heavy atom. The SMILES string of the molecule is COC(C)CNC(=O)c1ccccc1Br. The monoisotopic (exact) mass is 271 g/mol. The molecule has 1 N–H and O–H groups in total. The molecule has 15 heavy (non-hydrogen) atoms. The summed E-state index contributed by atoms with van der Waals surface area (Å²) in [5.41, 5.74) is 0.640. The minimum atomic E-state index is -0.0913. The Balaban J connectivity index is 2.58. The summed E-state index contributed by atoms with van der Waals surface area (Å²) < 4.78 is 5.84. The maximum atomic E-state index is 11.7. The molecule has 1 atom stereocenters. The largest absolute Gasteiger partial charge is 0.380 e. The molecule has 0 saturated carbocycles. The van der Waals surface area contributed by atoms with Gasteiger partial charge in [-0.15, -0.1) is 0 Å². The van der Waals surface area contributed by atoms with Crippen LogP contribution < -0.4 is 5.32 Å². The molecule has 1 unspecified atom stereocenters. The highest BCUT2D eigenvalue weighted by atomic mass is 79.9. The van der Waals surface area contributed by atoms with Gasteiger partial charge < -0.3 is 10.1 Å². The minimum Gasteiger partial charge on any atom is -0.380 e. The summed E-state index contributed by atoms with van der Waals surface area (Å²) in [6.07, 6.45) is 0.0245. The van der Waals surface area contributed by atoms with Crippen molar-refractivity contribution in [1.82, 2.24) is 5.32 Å². The van der Waals surface area contributed by atoms with E-state index in [2.05, 4.69) is 21.2 Å². The lowest BCUT2D eigenvalue weighted by molar-refractivity contribution is 0.0870. The lowest BCUT2D eigenvalue weighted by Gasteiger charge is -2.11. The molecular weight excluding hydrogens is 258 g/mol. The van der Waals surface area contributed by atoms with E-state index in [1.807, 2.05) is 25.1 Å². The smallest absolute Gasteiger partial charge is 0.252 e. The van der Waals surface area contributed by atoms with E-state index in [4.69, 9.17) is 4.74 Å². The maximum absolute atomic E-state index is 11.7. The van der Waals surface area contributed by atoms with Crippen LogP contribution in [0.3, 0.4) is 0 Å². The molecule has 0 radical (unpaired) electrons. The molecule has 0 fully saturated rings. The van der Waals surface area contributed by atoms with Crippen molar-refractivity contribution >= 4 is 21.8 Å². The number of benzene rings is 1. The van der Waals surface area contributed by atoms with Crippen LogP contribution in [0, 0.1) is 0 Å². The number of carbonyl (C=O) groups excluding carboxylic acids is 1. The Labute approximate surface area is 97.9 Å². The zero-order valence-electron chi connectivity index (χ0n) is 8.79. The number of amides is 1. The summed E-state index contributed by atoms with van der Waals surface area (Å²) in [4.78, 5) is 11.7. The first-order valence-electron chi connectivity index (χ1n) is 4.70. The zero-order valence-corrected chi connectivity index (χ0v) is 10.4. The Kier molecular flexibility index (Phi) is 4.78. The van der Waals surface area contributed by atoms with Crippen LogP contribution in [0.5, 0.6) is 0 Å². The van der Waals surface area contributed by atoms with Crippen LogP contribution in [-0.4, -0.2) is 25.7 Å². The van der Waals surface area contributed by atoms with E-state index in [0.717, 1.165) is 4.47 Å². The van der Waals surface area contributed by atoms with E-state index in [1.165, 1.54) is 0 Å². The molecule has 0 aliphatic rings. The number of rotatable bonds is 4. The molecule has 0 aliphatic heterocycles. The summed E-state index contributed by atoms with van der Waals surface area (Å²) in [5, 5.41) is 2.80. The van der Waals surface area contributed by atoms with Gasteiger partial charge >= 0.3 is 0 Å². The first-order chi connectivity index (χ1) is 7.15. The third-order valence-corrected chi connectivity index (χ3v) is 2.76. The van der Waals surface area contributed by atoms with Crippen molar-refractivity contribution in [2.75, 3.05) is 13.7 Å². The molecule has 1 aromatic carbocycles. The molecule has 0 aliphatic carbocycles. The molecule has 1 amide bonds. The van der Waals surface area contributed by atoms with Crippen LogP contribution in [0.4, 0.5) is 0 Å². The first kappa shape index (κ1) is 12.2. The summed E-state index contributed by atoms with van der Waals surface area (Å²) in [6.45, 7) is 2.41. The zero-order chi connectivity index (χ0) is 11.3. The van der Waals surface area contributed by atoms with Crippen molar-refractivity contribution < 1.29 is 9.53 Å². The van der Waals surface area contributed by atoms with Gasteiger partial charge in [-0.2, -0.15) is 0 Å². The Bertz CT molecular complexity index is 341. The van der Waals surface area contributed by atoms with Gasteiger partial charge in [0, 0.05) is 18.1 Å². The lowest BCUT2D eigenvalue weighted by Crippen LogP contribution is -2.31. The number of nitrogens with one attached hydrogen (secondary N) is 1. The van der Waals surface area contributed by atoms with Gasteiger partial charge in [-0.25, -0.2) is 0 Å². The molecule has 0 spiro atoms. The van der Waals surface area contributed by atoms with Gasteiger partial charge in [0.15, 0.2) is 0 Å². The Morgan fingerprint density at radius 1 is 1.53 bits per heavy atom. The molecule has 4 heteroatoms. The van der Waals surface area contributed by atoms with Crippen LogP contribution in [-0.2, 0) is 4.74 Å². The van der Waals surface area contributed by atoms with Crippen molar-refractivity contribution in [3.63, 3.8) is 0 Å². The number of halogens is 1. The van der Waals surface area contributed by atoms with Crippen molar-refractivity contribution in [1.29, 1.82) is 0 Å². The van der Waals surface area contributed by atoms with Crippen LogP contribution in [0.25, 0.3) is 0 Å². The topological polar surface area (TPSA) is 38.3 Å². The van der Waals surface area contributed by atoms with Gasteiger partial charge in [0.25, 0.3) is 5.91 Å². The van der Waals surface area contributed by atoms with E-state index in [9.17, 15) is 4.79 Å². The fourth-order valence-electron chi connectivity index (χ4n) is 1.06. The predicted octanol–water partition coefficient (Wildman–Crippen LogP) is 2.21. The second kappa shape index (κ2) is 5.88. The van der Waals surface area contributed by atoms with Crippen molar-refractivity contribution in [3.05, 3.63) is 34.3 Å². The predicted molar refractivity (Wildman–Crippen MR) is 62.9 cm³/mol. The molecule has 1 rings (SSSR count).